The van der Waals surface area contributed by atoms with Crippen LogP contribution in [0.2, 0.25) is 0 Å². The highest BCUT2D eigenvalue weighted by Gasteiger charge is 2.15. The van der Waals surface area contributed by atoms with E-state index in [1.807, 2.05) is 48.5 Å². The van der Waals surface area contributed by atoms with Crippen molar-refractivity contribution in [2.75, 3.05) is 13.1 Å². The van der Waals surface area contributed by atoms with Gasteiger partial charge in [0.2, 0.25) is 0 Å². The molecule has 2 N–H and O–H groups in total. The highest BCUT2D eigenvalue weighted by Crippen LogP contribution is 2.25. The van der Waals surface area contributed by atoms with Crippen LogP contribution < -0.4 is 14.8 Å². The molecule has 1 aliphatic rings. The summed E-state index contributed by atoms with van der Waals surface area (Å²) in [7, 11) is 0. The van der Waals surface area contributed by atoms with Crippen LogP contribution in [0.1, 0.15) is 29.5 Å². The molecule has 3 aromatic rings. The van der Waals surface area contributed by atoms with E-state index >= 15 is 0 Å². The number of phenols is 1. The number of phenolic OH excluding ortho intramolecular Hbond substituents is 1. The van der Waals surface area contributed by atoms with Gasteiger partial charge in [0.25, 0.3) is 0 Å². The Labute approximate surface area is 203 Å². The van der Waals surface area contributed by atoms with Gasteiger partial charge in [0.15, 0.2) is 23.2 Å². The standard InChI is InChI=1S/C28H27F2NO4/c29-26-11-9-19(27(30)28(26)33)8-10-22(32)16-20-4-1-2-5-21(20)18-34-24-6-3-7-25(17-24)35-23-12-14-31-15-13-23/h1-11,17,23,31,33H,12-16,18H2/b10-8+. The van der Waals surface area contributed by atoms with Crippen LogP contribution in [0, 0.1) is 11.6 Å². The van der Waals surface area contributed by atoms with Crippen LogP contribution in [0.15, 0.2) is 66.7 Å². The first-order chi connectivity index (χ1) is 17.0. The number of ether oxygens (including phenoxy) is 2. The molecule has 0 aromatic heterocycles. The van der Waals surface area contributed by atoms with E-state index in [2.05, 4.69) is 5.32 Å². The van der Waals surface area contributed by atoms with Crippen LogP contribution in [-0.2, 0) is 17.8 Å². The minimum atomic E-state index is -1.10. The van der Waals surface area contributed by atoms with Crippen LogP contribution in [0.5, 0.6) is 17.2 Å². The predicted octanol–water partition coefficient (Wildman–Crippen LogP) is 5.21. The van der Waals surface area contributed by atoms with Gasteiger partial charge in [0.05, 0.1) is 0 Å². The number of allylic oxidation sites excluding steroid dienone is 1. The molecule has 4 rings (SSSR count). The minimum absolute atomic E-state index is 0.0690. The fourth-order valence-corrected chi connectivity index (χ4v) is 3.89. The van der Waals surface area contributed by atoms with Crippen molar-refractivity contribution in [1.82, 2.24) is 5.32 Å². The normalized spacial score (nSPS) is 14.2. The second kappa shape index (κ2) is 11.6. The molecule has 1 heterocycles. The lowest BCUT2D eigenvalue weighted by Crippen LogP contribution is -2.34. The van der Waals surface area contributed by atoms with Gasteiger partial charge in [0, 0.05) is 18.1 Å². The van der Waals surface area contributed by atoms with Gasteiger partial charge in [-0.05, 0) is 73.5 Å². The fraction of sp³-hybridized carbons (Fsp3) is 0.250. The van der Waals surface area contributed by atoms with E-state index in [1.54, 1.807) is 0 Å². The summed E-state index contributed by atoms with van der Waals surface area (Å²) in [5.74, 6) is -2.05. The molecule has 182 valence electrons. The highest BCUT2D eigenvalue weighted by molar-refractivity contribution is 5.95. The number of ketones is 1. The number of hydrogen-bond acceptors (Lipinski definition) is 5. The minimum Gasteiger partial charge on any atom is -0.503 e. The lowest BCUT2D eigenvalue weighted by atomic mass is 10.0. The molecular weight excluding hydrogens is 452 g/mol. The molecule has 5 nitrogen and oxygen atoms in total. The Hall–Kier alpha value is -3.71. The van der Waals surface area contributed by atoms with Crippen molar-refractivity contribution < 1.29 is 28.2 Å². The third-order valence-corrected chi connectivity index (χ3v) is 5.82. The van der Waals surface area contributed by atoms with Crippen molar-refractivity contribution in [3.63, 3.8) is 0 Å². The molecule has 0 spiro atoms. The molecule has 7 heteroatoms. The average molecular weight is 480 g/mol. The Morgan fingerprint density at radius 2 is 1.74 bits per heavy atom. The Balaban J connectivity index is 1.37. The first-order valence-electron chi connectivity index (χ1n) is 11.5. The number of carbonyl (C=O) groups is 1. The van der Waals surface area contributed by atoms with Gasteiger partial charge in [-0.2, -0.15) is 0 Å². The molecule has 3 aromatic carbocycles. The summed E-state index contributed by atoms with van der Waals surface area (Å²) in [6.45, 7) is 2.17. The van der Waals surface area contributed by atoms with Gasteiger partial charge >= 0.3 is 0 Å². The van der Waals surface area contributed by atoms with Gasteiger partial charge in [-0.1, -0.05) is 30.3 Å². The van der Waals surface area contributed by atoms with E-state index in [4.69, 9.17) is 9.47 Å². The highest BCUT2D eigenvalue weighted by atomic mass is 19.1. The number of benzene rings is 3. The quantitative estimate of drug-likeness (QED) is 0.413. The number of nitrogens with one attached hydrogen (secondary N) is 1. The monoisotopic (exact) mass is 479 g/mol. The topological polar surface area (TPSA) is 67.8 Å². The largest absolute Gasteiger partial charge is 0.503 e. The van der Waals surface area contributed by atoms with E-state index in [0.29, 0.717) is 5.75 Å². The number of hydrogen-bond donors (Lipinski definition) is 2. The molecule has 0 atom stereocenters. The van der Waals surface area contributed by atoms with Crippen LogP contribution in [-0.4, -0.2) is 30.1 Å². The van der Waals surface area contributed by atoms with Crippen molar-refractivity contribution in [3.8, 4) is 17.2 Å². The average Bonchev–Trinajstić information content (AvgIpc) is 2.87. The molecule has 0 aliphatic carbocycles. The van der Waals surface area contributed by atoms with Crippen molar-refractivity contribution in [3.05, 3.63) is 95.1 Å². The van der Waals surface area contributed by atoms with Crippen LogP contribution in [0.3, 0.4) is 0 Å². The van der Waals surface area contributed by atoms with E-state index in [-0.39, 0.29) is 30.5 Å². The lowest BCUT2D eigenvalue weighted by Gasteiger charge is -2.24. The Morgan fingerprint density at radius 1 is 1.00 bits per heavy atom. The molecule has 0 saturated carbocycles. The number of aromatic hydroxyl groups is 1. The number of piperidine rings is 1. The summed E-state index contributed by atoms with van der Waals surface area (Å²) < 4.78 is 39.2. The maximum Gasteiger partial charge on any atom is 0.188 e. The summed E-state index contributed by atoms with van der Waals surface area (Å²) in [6, 6.07) is 17.1. The second-order valence-electron chi connectivity index (χ2n) is 8.38. The molecule has 1 saturated heterocycles. The third-order valence-electron chi connectivity index (χ3n) is 5.82. The van der Waals surface area contributed by atoms with Crippen molar-refractivity contribution >= 4 is 11.9 Å². The SMILES string of the molecule is O=C(/C=C/c1ccc(F)c(O)c1F)Cc1ccccc1COc1cccc(OC2CCNCC2)c1. The summed E-state index contributed by atoms with van der Waals surface area (Å²) in [5, 5.41) is 12.7. The zero-order valence-corrected chi connectivity index (χ0v) is 19.2. The van der Waals surface area contributed by atoms with Gasteiger partial charge in [-0.3, -0.25) is 4.79 Å². The molecule has 0 bridgehead atoms. The Morgan fingerprint density at radius 3 is 2.54 bits per heavy atom. The molecule has 0 radical (unpaired) electrons. The lowest BCUT2D eigenvalue weighted by molar-refractivity contribution is -0.113. The van der Waals surface area contributed by atoms with Gasteiger partial charge in [0.1, 0.15) is 24.2 Å². The Kier molecular flexibility index (Phi) is 8.11. The van der Waals surface area contributed by atoms with E-state index in [1.165, 1.54) is 18.2 Å². The molecule has 0 amide bonds. The van der Waals surface area contributed by atoms with Gasteiger partial charge in [-0.15, -0.1) is 0 Å². The number of halogens is 2. The van der Waals surface area contributed by atoms with Gasteiger partial charge in [-0.25, -0.2) is 8.78 Å². The number of carbonyl (C=O) groups excluding carboxylic acids is 1. The van der Waals surface area contributed by atoms with Crippen molar-refractivity contribution in [2.45, 2.75) is 32.0 Å². The fourth-order valence-electron chi connectivity index (χ4n) is 3.89. The van der Waals surface area contributed by atoms with Crippen LogP contribution in [0.4, 0.5) is 8.78 Å². The Bertz CT molecular complexity index is 1210. The molecule has 35 heavy (non-hydrogen) atoms. The van der Waals surface area contributed by atoms with E-state index in [9.17, 15) is 18.7 Å². The number of rotatable bonds is 9. The molecular formula is C28H27F2NO4. The van der Waals surface area contributed by atoms with Crippen LogP contribution in [0.25, 0.3) is 6.08 Å². The summed E-state index contributed by atoms with van der Waals surface area (Å²) in [4.78, 5) is 12.5. The van der Waals surface area contributed by atoms with Gasteiger partial charge < -0.3 is 19.9 Å². The summed E-state index contributed by atoms with van der Waals surface area (Å²) in [6.07, 6.45) is 4.66. The zero-order chi connectivity index (χ0) is 24.6. The summed E-state index contributed by atoms with van der Waals surface area (Å²) >= 11 is 0. The first kappa shape index (κ1) is 24.4. The van der Waals surface area contributed by atoms with Crippen LogP contribution >= 0.6 is 0 Å². The maximum atomic E-state index is 13.9. The second-order valence-corrected chi connectivity index (χ2v) is 8.38. The first-order valence-corrected chi connectivity index (χ1v) is 11.5. The predicted molar refractivity (Wildman–Crippen MR) is 130 cm³/mol. The molecule has 1 aliphatic heterocycles. The maximum absolute atomic E-state index is 13.9. The third kappa shape index (κ3) is 6.67. The van der Waals surface area contributed by atoms with Crippen molar-refractivity contribution in [1.29, 1.82) is 0 Å². The van der Waals surface area contributed by atoms with E-state index < -0.39 is 17.4 Å². The molecule has 0 unspecified atom stereocenters. The zero-order valence-electron chi connectivity index (χ0n) is 19.2. The molecule has 1 fully saturated rings. The van der Waals surface area contributed by atoms with E-state index in [0.717, 1.165) is 48.9 Å². The summed E-state index contributed by atoms with van der Waals surface area (Å²) in [5.41, 5.74) is 1.57. The van der Waals surface area contributed by atoms with Crippen molar-refractivity contribution in [2.24, 2.45) is 0 Å². The smallest absolute Gasteiger partial charge is 0.188 e.